The Morgan fingerprint density at radius 1 is 1.02 bits per heavy atom. The van der Waals surface area contributed by atoms with E-state index in [0.29, 0.717) is 17.6 Å². The molecule has 0 bridgehead atoms. The zero-order valence-corrected chi connectivity index (χ0v) is 22.9. The van der Waals surface area contributed by atoms with Gasteiger partial charge in [0.2, 0.25) is 5.75 Å². The topological polar surface area (TPSA) is 130 Å². The van der Waals surface area contributed by atoms with E-state index in [2.05, 4.69) is 15.2 Å². The molecule has 0 aliphatic carbocycles. The third-order valence-electron chi connectivity index (χ3n) is 6.07. The number of nitriles is 1. The number of benzene rings is 2. The molecule has 11 nitrogen and oxygen atoms in total. The van der Waals surface area contributed by atoms with Crippen LogP contribution >= 0.6 is 11.6 Å². The first-order valence-corrected chi connectivity index (χ1v) is 12.7. The zero-order valence-electron chi connectivity index (χ0n) is 22.1. The maximum atomic E-state index is 13.8. The van der Waals surface area contributed by atoms with Crippen LogP contribution in [-0.2, 0) is 19.3 Å². The van der Waals surface area contributed by atoms with Crippen molar-refractivity contribution in [2.45, 2.75) is 19.3 Å². The fraction of sp³-hybridized carbons (Fsp3) is 0.143. The van der Waals surface area contributed by atoms with Gasteiger partial charge in [0.15, 0.2) is 5.69 Å². The van der Waals surface area contributed by atoms with Gasteiger partial charge in [0.05, 0.1) is 43.9 Å². The number of ether oxygens (including phenoxy) is 2. The highest BCUT2D eigenvalue weighted by Crippen LogP contribution is 2.35. The third-order valence-corrected chi connectivity index (χ3v) is 6.28. The predicted molar refractivity (Wildman–Crippen MR) is 147 cm³/mol. The minimum absolute atomic E-state index is 0.00902. The van der Waals surface area contributed by atoms with E-state index in [9.17, 15) is 28.0 Å². The van der Waals surface area contributed by atoms with Crippen LogP contribution in [0.3, 0.4) is 0 Å². The monoisotopic (exact) mass is 609 g/mol. The molecule has 0 saturated carbocycles. The molecule has 0 spiro atoms. The summed E-state index contributed by atoms with van der Waals surface area (Å²) in [5.41, 5.74) is -2.30. The Hall–Kier alpha value is -5.42. The van der Waals surface area contributed by atoms with Crippen LogP contribution in [0.25, 0.3) is 5.69 Å². The Morgan fingerprint density at radius 3 is 2.44 bits per heavy atom. The highest BCUT2D eigenvalue weighted by Gasteiger charge is 2.39. The summed E-state index contributed by atoms with van der Waals surface area (Å²) in [6.45, 7) is -0.341. The Bertz CT molecular complexity index is 1950. The Labute approximate surface area is 245 Å². The van der Waals surface area contributed by atoms with Gasteiger partial charge in [-0.25, -0.2) is 14.3 Å². The van der Waals surface area contributed by atoms with Crippen molar-refractivity contribution in [3.63, 3.8) is 0 Å². The quantitative estimate of drug-likeness (QED) is 0.253. The molecule has 2 aromatic carbocycles. The second kappa shape index (κ2) is 11.8. The van der Waals surface area contributed by atoms with Gasteiger partial charge in [-0.05, 0) is 48.0 Å². The van der Waals surface area contributed by atoms with E-state index in [1.54, 1.807) is 30.3 Å². The molecule has 0 saturated heterocycles. The molecule has 0 fully saturated rings. The average molecular weight is 610 g/mol. The Morgan fingerprint density at radius 2 is 1.79 bits per heavy atom. The summed E-state index contributed by atoms with van der Waals surface area (Å²) in [4.78, 5) is 30.1. The van der Waals surface area contributed by atoms with E-state index < -0.39 is 28.7 Å². The molecule has 0 atom stereocenters. The van der Waals surface area contributed by atoms with Gasteiger partial charge < -0.3 is 9.47 Å². The molecule has 0 unspecified atom stereocenters. The summed E-state index contributed by atoms with van der Waals surface area (Å²) >= 11 is 5.96. The number of nitrogens with zero attached hydrogens (tertiary/aromatic N) is 7. The van der Waals surface area contributed by atoms with Gasteiger partial charge in [0.25, 0.3) is 11.1 Å². The van der Waals surface area contributed by atoms with Crippen molar-refractivity contribution in [3.05, 3.63) is 122 Å². The first-order chi connectivity index (χ1) is 20.5. The Balaban J connectivity index is 1.58. The molecule has 0 aliphatic heterocycles. The molecule has 0 radical (unpaired) electrons. The fourth-order valence-electron chi connectivity index (χ4n) is 4.10. The van der Waals surface area contributed by atoms with Gasteiger partial charge in [0, 0.05) is 17.4 Å². The highest BCUT2D eigenvalue weighted by molar-refractivity contribution is 6.30. The maximum absolute atomic E-state index is 13.8. The SMILES string of the molecule is COc1ccc(Cn2nc(Cn3cnc(C(F)(F)F)c(Oc4cc(Cl)cc(C#N)c4)c3=O)cc(-n3cccn3)c2=O)cc1. The number of alkyl halides is 3. The molecule has 0 aliphatic rings. The van der Waals surface area contributed by atoms with Crippen LogP contribution in [0.5, 0.6) is 17.2 Å². The molecule has 5 rings (SSSR count). The summed E-state index contributed by atoms with van der Waals surface area (Å²) in [6.07, 6.45) is -1.32. The zero-order chi connectivity index (χ0) is 30.7. The van der Waals surface area contributed by atoms with Crippen LogP contribution in [0.15, 0.2) is 82.9 Å². The number of aromatic nitrogens is 6. The van der Waals surface area contributed by atoms with E-state index in [1.165, 1.54) is 36.3 Å². The molecule has 218 valence electrons. The van der Waals surface area contributed by atoms with Crippen LogP contribution in [0, 0.1) is 11.3 Å². The lowest BCUT2D eigenvalue weighted by Gasteiger charge is -2.15. The van der Waals surface area contributed by atoms with Gasteiger partial charge >= 0.3 is 6.18 Å². The first kappa shape index (κ1) is 29.1. The van der Waals surface area contributed by atoms with Crippen LogP contribution in [0.4, 0.5) is 13.2 Å². The number of rotatable bonds is 8. The molecule has 15 heteroatoms. The normalized spacial score (nSPS) is 11.3. The minimum atomic E-state index is -5.04. The van der Waals surface area contributed by atoms with Gasteiger partial charge in [-0.1, -0.05) is 23.7 Å². The Kier molecular flexibility index (Phi) is 8.00. The average Bonchev–Trinajstić information content (AvgIpc) is 3.51. The molecule has 0 N–H and O–H groups in total. The van der Waals surface area contributed by atoms with Crippen molar-refractivity contribution in [3.8, 4) is 29.0 Å². The van der Waals surface area contributed by atoms with Gasteiger partial charge in [-0.2, -0.15) is 28.6 Å². The van der Waals surface area contributed by atoms with Crippen molar-refractivity contribution in [1.82, 2.24) is 29.1 Å². The second-order valence-corrected chi connectivity index (χ2v) is 9.46. The van der Waals surface area contributed by atoms with E-state index in [1.807, 2.05) is 6.07 Å². The third kappa shape index (κ3) is 6.41. The summed E-state index contributed by atoms with van der Waals surface area (Å²) in [7, 11) is 1.52. The van der Waals surface area contributed by atoms with Crippen molar-refractivity contribution >= 4 is 11.6 Å². The summed E-state index contributed by atoms with van der Waals surface area (Å²) in [6, 6.07) is 15.3. The van der Waals surface area contributed by atoms with E-state index >= 15 is 0 Å². The first-order valence-electron chi connectivity index (χ1n) is 12.3. The molecule has 5 aromatic rings. The molecule has 3 aromatic heterocycles. The van der Waals surface area contributed by atoms with Gasteiger partial charge in [-0.15, -0.1) is 0 Å². The van der Waals surface area contributed by atoms with Crippen LogP contribution in [0.1, 0.15) is 22.5 Å². The molecule has 43 heavy (non-hydrogen) atoms. The lowest BCUT2D eigenvalue weighted by Crippen LogP contribution is -2.31. The van der Waals surface area contributed by atoms with Crippen molar-refractivity contribution in [2.24, 2.45) is 0 Å². The highest BCUT2D eigenvalue weighted by atomic mass is 35.5. The lowest BCUT2D eigenvalue weighted by atomic mass is 10.2. The van der Waals surface area contributed by atoms with Crippen molar-refractivity contribution < 1.29 is 22.6 Å². The summed E-state index contributed by atoms with van der Waals surface area (Å²) < 4.78 is 55.4. The summed E-state index contributed by atoms with van der Waals surface area (Å²) in [5, 5.41) is 17.7. The van der Waals surface area contributed by atoms with Crippen LogP contribution < -0.4 is 20.6 Å². The van der Waals surface area contributed by atoms with E-state index in [0.717, 1.165) is 21.4 Å². The standard InChI is InChI=1S/C28H19ClF3N7O4/c1-42-21-5-3-17(4-6-21)14-39-26(40)23(38-8-2-7-35-38)12-20(36-39)15-37-16-34-25(28(30,31)32)24(27(37)41)43-22-10-18(13-33)9-19(29)11-22/h2-12,16H,14-15H2,1H3. The smallest absolute Gasteiger partial charge is 0.437 e. The number of halogens is 4. The van der Waals surface area contributed by atoms with Crippen molar-refractivity contribution in [1.29, 1.82) is 5.26 Å². The summed E-state index contributed by atoms with van der Waals surface area (Å²) in [5.74, 6) is -0.776. The van der Waals surface area contributed by atoms with Crippen molar-refractivity contribution in [2.75, 3.05) is 7.11 Å². The van der Waals surface area contributed by atoms with Gasteiger partial charge in [0.1, 0.15) is 17.2 Å². The molecule has 3 heterocycles. The number of methoxy groups -OCH3 is 1. The number of hydrogen-bond acceptors (Lipinski definition) is 8. The maximum Gasteiger partial charge on any atom is 0.437 e. The fourth-order valence-corrected chi connectivity index (χ4v) is 4.33. The van der Waals surface area contributed by atoms with Crippen LogP contribution in [-0.4, -0.2) is 36.2 Å². The predicted octanol–water partition coefficient (Wildman–Crippen LogP) is 4.43. The number of hydrogen-bond donors (Lipinski definition) is 0. The van der Waals surface area contributed by atoms with E-state index in [4.69, 9.17) is 21.1 Å². The lowest BCUT2D eigenvalue weighted by molar-refractivity contribution is -0.142. The van der Waals surface area contributed by atoms with E-state index in [-0.39, 0.29) is 40.8 Å². The largest absolute Gasteiger partial charge is 0.497 e. The molecular weight excluding hydrogens is 591 g/mol. The van der Waals surface area contributed by atoms with Gasteiger partial charge in [-0.3, -0.25) is 14.2 Å². The second-order valence-electron chi connectivity index (χ2n) is 9.03. The molecule has 0 amide bonds. The molecular formula is C28H19ClF3N7O4. The minimum Gasteiger partial charge on any atom is -0.497 e. The van der Waals surface area contributed by atoms with Crippen LogP contribution in [0.2, 0.25) is 5.02 Å².